The molecular weight excluding hydrogens is 208 g/mol. The second-order valence-corrected chi connectivity index (χ2v) is 2.56. The fourth-order valence-electron chi connectivity index (χ4n) is 0.978. The number of ether oxygens (including phenoxy) is 2. The van der Waals surface area contributed by atoms with Crippen LogP contribution in [-0.4, -0.2) is 26.2 Å². The van der Waals surface area contributed by atoms with Crippen LogP contribution in [0.3, 0.4) is 0 Å². The van der Waals surface area contributed by atoms with E-state index in [4.69, 9.17) is 0 Å². The van der Waals surface area contributed by atoms with Crippen LogP contribution < -0.4 is 0 Å². The number of hydrogen-bond acceptors (Lipinski definition) is 4. The molecule has 16 heavy (non-hydrogen) atoms. The van der Waals surface area contributed by atoms with E-state index in [-0.39, 0.29) is 0 Å². The van der Waals surface area contributed by atoms with Gasteiger partial charge in [0, 0.05) is 0 Å². The molecule has 0 saturated carbocycles. The van der Waals surface area contributed by atoms with Gasteiger partial charge in [-0.2, -0.15) is 0 Å². The van der Waals surface area contributed by atoms with Crippen LogP contribution in [-0.2, 0) is 9.47 Å². The third-order valence-electron chi connectivity index (χ3n) is 1.73. The van der Waals surface area contributed by atoms with Crippen molar-refractivity contribution in [2.24, 2.45) is 0 Å². The fourth-order valence-corrected chi connectivity index (χ4v) is 0.978. The summed E-state index contributed by atoms with van der Waals surface area (Å²) in [7, 11) is 2.60. The molecule has 86 valence electrons. The van der Waals surface area contributed by atoms with Gasteiger partial charge in [0.05, 0.1) is 25.3 Å². The minimum Gasteiger partial charge on any atom is -0.465 e. The Morgan fingerprint density at radius 2 is 1.12 bits per heavy atom. The van der Waals surface area contributed by atoms with Gasteiger partial charge < -0.3 is 9.47 Å². The van der Waals surface area contributed by atoms with E-state index in [0.717, 1.165) is 0 Å². The molecule has 0 aliphatic carbocycles. The Morgan fingerprint density at radius 1 is 0.875 bits per heavy atom. The first-order valence-corrected chi connectivity index (χ1v) is 4.45. The van der Waals surface area contributed by atoms with Crippen molar-refractivity contribution < 1.29 is 19.1 Å². The lowest BCUT2D eigenvalue weighted by atomic mass is 10.1. The average molecular weight is 222 g/mol. The van der Waals surface area contributed by atoms with Crippen molar-refractivity contribution >= 4 is 11.9 Å². The van der Waals surface area contributed by atoms with Gasteiger partial charge in [-0.3, -0.25) is 0 Å². The SMILES string of the molecule is C=C.COC(=O)c1ccc(C(=O)OC)cc1. The number of benzene rings is 1. The Hall–Kier alpha value is -2.10. The average Bonchev–Trinajstić information content (AvgIpc) is 2.39. The summed E-state index contributed by atoms with van der Waals surface area (Å²) in [5, 5.41) is 0. The van der Waals surface area contributed by atoms with E-state index < -0.39 is 11.9 Å². The van der Waals surface area contributed by atoms with Gasteiger partial charge in [-0.15, -0.1) is 13.2 Å². The predicted molar refractivity (Wildman–Crippen MR) is 60.4 cm³/mol. The summed E-state index contributed by atoms with van der Waals surface area (Å²) < 4.78 is 9.02. The van der Waals surface area contributed by atoms with Crippen molar-refractivity contribution in [3.63, 3.8) is 0 Å². The Balaban J connectivity index is 0.00000106. The number of carbonyl (C=O) groups is 2. The zero-order chi connectivity index (χ0) is 12.6. The van der Waals surface area contributed by atoms with Crippen LogP contribution in [0.4, 0.5) is 0 Å². The van der Waals surface area contributed by atoms with Crippen molar-refractivity contribution in [1.29, 1.82) is 0 Å². The molecule has 0 amide bonds. The fraction of sp³-hybridized carbons (Fsp3) is 0.167. The molecule has 1 aromatic rings. The molecule has 1 rings (SSSR count). The van der Waals surface area contributed by atoms with Gasteiger partial charge in [-0.1, -0.05) is 0 Å². The van der Waals surface area contributed by atoms with E-state index in [1.54, 1.807) is 0 Å². The molecule has 0 bridgehead atoms. The van der Waals surface area contributed by atoms with Crippen LogP contribution in [0.5, 0.6) is 0 Å². The van der Waals surface area contributed by atoms with Crippen molar-refractivity contribution in [2.75, 3.05) is 14.2 Å². The van der Waals surface area contributed by atoms with Crippen molar-refractivity contribution in [3.8, 4) is 0 Å². The molecule has 4 heteroatoms. The van der Waals surface area contributed by atoms with Crippen molar-refractivity contribution in [2.45, 2.75) is 0 Å². The minimum atomic E-state index is -0.429. The van der Waals surface area contributed by atoms with Crippen LogP contribution in [0.15, 0.2) is 37.4 Å². The van der Waals surface area contributed by atoms with Crippen LogP contribution in [0.2, 0.25) is 0 Å². The lowest BCUT2D eigenvalue weighted by Crippen LogP contribution is -2.04. The van der Waals surface area contributed by atoms with E-state index in [1.165, 1.54) is 38.5 Å². The van der Waals surface area contributed by atoms with Gasteiger partial charge in [0.25, 0.3) is 0 Å². The van der Waals surface area contributed by atoms with Gasteiger partial charge in [0.2, 0.25) is 0 Å². The van der Waals surface area contributed by atoms with Gasteiger partial charge in [0.15, 0.2) is 0 Å². The maximum atomic E-state index is 11.0. The van der Waals surface area contributed by atoms with E-state index in [9.17, 15) is 9.59 Å². The molecule has 4 nitrogen and oxygen atoms in total. The Labute approximate surface area is 94.5 Å². The normalized spacial score (nSPS) is 8.38. The van der Waals surface area contributed by atoms with E-state index in [2.05, 4.69) is 22.6 Å². The molecule has 0 aliphatic heterocycles. The largest absolute Gasteiger partial charge is 0.465 e. The number of methoxy groups -OCH3 is 2. The van der Waals surface area contributed by atoms with Crippen LogP contribution in [0, 0.1) is 0 Å². The lowest BCUT2D eigenvalue weighted by Gasteiger charge is -2.00. The predicted octanol–water partition coefficient (Wildman–Crippen LogP) is 2.06. The van der Waals surface area contributed by atoms with E-state index in [0.29, 0.717) is 11.1 Å². The molecule has 0 N–H and O–H groups in total. The maximum Gasteiger partial charge on any atom is 0.337 e. The van der Waals surface area contributed by atoms with Crippen LogP contribution >= 0.6 is 0 Å². The smallest absolute Gasteiger partial charge is 0.337 e. The summed E-state index contributed by atoms with van der Waals surface area (Å²) in [6, 6.07) is 6.05. The van der Waals surface area contributed by atoms with Crippen molar-refractivity contribution in [1.82, 2.24) is 0 Å². The molecule has 0 atom stereocenters. The highest BCUT2D eigenvalue weighted by Gasteiger charge is 2.08. The summed E-state index contributed by atoms with van der Waals surface area (Å²) >= 11 is 0. The highest BCUT2D eigenvalue weighted by atomic mass is 16.5. The first kappa shape index (κ1) is 13.9. The van der Waals surface area contributed by atoms with Gasteiger partial charge in [-0.25, -0.2) is 9.59 Å². The Bertz CT molecular complexity index is 319. The lowest BCUT2D eigenvalue weighted by molar-refractivity contribution is 0.0586. The molecular formula is C12H14O4. The van der Waals surface area contributed by atoms with Crippen LogP contribution in [0.1, 0.15) is 20.7 Å². The van der Waals surface area contributed by atoms with E-state index >= 15 is 0 Å². The molecule has 0 saturated heterocycles. The minimum absolute atomic E-state index is 0.403. The topological polar surface area (TPSA) is 52.6 Å². The second kappa shape index (κ2) is 7.23. The zero-order valence-electron chi connectivity index (χ0n) is 9.36. The van der Waals surface area contributed by atoms with Crippen molar-refractivity contribution in [3.05, 3.63) is 48.6 Å². The first-order chi connectivity index (χ1) is 7.69. The summed E-state index contributed by atoms with van der Waals surface area (Å²) in [6.07, 6.45) is 0. The van der Waals surface area contributed by atoms with Gasteiger partial charge in [-0.05, 0) is 24.3 Å². The third kappa shape index (κ3) is 3.57. The monoisotopic (exact) mass is 222 g/mol. The highest BCUT2D eigenvalue weighted by molar-refractivity contribution is 5.93. The van der Waals surface area contributed by atoms with E-state index in [1.807, 2.05) is 0 Å². The highest BCUT2D eigenvalue weighted by Crippen LogP contribution is 2.06. The molecule has 0 fully saturated rings. The summed E-state index contributed by atoms with van der Waals surface area (Å²) in [6.45, 7) is 6.00. The summed E-state index contributed by atoms with van der Waals surface area (Å²) in [4.78, 5) is 22.1. The maximum absolute atomic E-state index is 11.0. The third-order valence-corrected chi connectivity index (χ3v) is 1.73. The number of hydrogen-bond donors (Lipinski definition) is 0. The molecule has 0 spiro atoms. The molecule has 0 radical (unpaired) electrons. The van der Waals surface area contributed by atoms with Gasteiger partial charge in [0.1, 0.15) is 0 Å². The Morgan fingerprint density at radius 3 is 1.31 bits per heavy atom. The first-order valence-electron chi connectivity index (χ1n) is 4.45. The molecule has 0 heterocycles. The number of esters is 2. The second-order valence-electron chi connectivity index (χ2n) is 2.56. The van der Waals surface area contributed by atoms with Gasteiger partial charge >= 0.3 is 11.9 Å². The summed E-state index contributed by atoms with van der Waals surface area (Å²) in [5.74, 6) is -0.858. The standard InChI is InChI=1S/C10H10O4.C2H4/c1-13-9(11)7-3-5-8(6-4-7)10(12)14-2;1-2/h3-6H,1-2H3;1-2H2. The van der Waals surface area contributed by atoms with Crippen LogP contribution in [0.25, 0.3) is 0 Å². The Kier molecular flexibility index (Phi) is 6.28. The molecule has 0 unspecified atom stereocenters. The molecule has 0 aliphatic rings. The number of rotatable bonds is 2. The summed E-state index contributed by atoms with van der Waals surface area (Å²) in [5.41, 5.74) is 0.806. The molecule has 0 aromatic heterocycles. The molecule has 1 aromatic carbocycles. The zero-order valence-corrected chi connectivity index (χ0v) is 9.36. The number of carbonyl (C=O) groups excluding carboxylic acids is 2. The quantitative estimate of drug-likeness (QED) is 0.567.